The molecule has 7 nitrogen and oxygen atoms in total. The summed E-state index contributed by atoms with van der Waals surface area (Å²) in [5.41, 5.74) is 3.32. The average Bonchev–Trinajstić information content (AvgIpc) is 2.77. The minimum Gasteiger partial charge on any atom is -0.371 e. The summed E-state index contributed by atoms with van der Waals surface area (Å²) in [6.07, 6.45) is 2.88. The second-order valence-corrected chi connectivity index (χ2v) is 5.39. The second-order valence-electron chi connectivity index (χ2n) is 5.39. The van der Waals surface area contributed by atoms with E-state index in [1.165, 1.54) is 0 Å². The molecular weight excluding hydrogens is 256 g/mol. The summed E-state index contributed by atoms with van der Waals surface area (Å²) in [5.74, 6) is 7.27. The van der Waals surface area contributed by atoms with Crippen molar-refractivity contribution in [3.8, 4) is 0 Å². The lowest BCUT2D eigenvalue weighted by Gasteiger charge is -2.14. The maximum absolute atomic E-state index is 5.78. The van der Waals surface area contributed by atoms with Crippen molar-refractivity contribution in [3.05, 3.63) is 12.0 Å². The first kappa shape index (κ1) is 14.7. The number of aromatic nitrogens is 4. The van der Waals surface area contributed by atoms with E-state index < -0.39 is 0 Å². The first-order valence-electron chi connectivity index (χ1n) is 6.78. The van der Waals surface area contributed by atoms with Crippen LogP contribution in [-0.4, -0.2) is 25.9 Å². The van der Waals surface area contributed by atoms with Crippen LogP contribution in [0.25, 0.3) is 11.0 Å². The molecule has 7 heteroatoms. The molecule has 20 heavy (non-hydrogen) atoms. The van der Waals surface area contributed by atoms with Gasteiger partial charge in [0.2, 0.25) is 0 Å². The van der Waals surface area contributed by atoms with Crippen LogP contribution in [0.15, 0.2) is 6.20 Å². The molecule has 2 heterocycles. The molecule has 2 rings (SSSR count). The summed E-state index contributed by atoms with van der Waals surface area (Å²) in [4.78, 5) is 8.82. The van der Waals surface area contributed by atoms with Gasteiger partial charge in [0.1, 0.15) is 6.61 Å². The molecule has 0 aliphatic carbocycles. The Morgan fingerprint density at radius 2 is 2.10 bits per heavy atom. The normalized spacial score (nSPS) is 13.1. The van der Waals surface area contributed by atoms with E-state index in [2.05, 4.69) is 41.3 Å². The van der Waals surface area contributed by atoms with Crippen molar-refractivity contribution in [2.24, 2.45) is 18.8 Å². The van der Waals surface area contributed by atoms with Crippen molar-refractivity contribution in [2.75, 3.05) is 5.43 Å². The SMILES string of the molecule is CC(C)CC(C)OCc1nc(NN)c2cnn(C)c2n1. The lowest BCUT2D eigenvalue weighted by atomic mass is 10.1. The Morgan fingerprint density at radius 3 is 2.75 bits per heavy atom. The summed E-state index contributed by atoms with van der Waals surface area (Å²) >= 11 is 0. The van der Waals surface area contributed by atoms with Crippen LogP contribution in [0.3, 0.4) is 0 Å². The number of fused-ring (bicyclic) bond motifs is 1. The predicted octanol–water partition coefficient (Wildman–Crippen LogP) is 1.60. The summed E-state index contributed by atoms with van der Waals surface area (Å²) in [6, 6.07) is 0. The van der Waals surface area contributed by atoms with Gasteiger partial charge in [-0.05, 0) is 19.3 Å². The quantitative estimate of drug-likeness (QED) is 0.616. The number of aryl methyl sites for hydroxylation is 1. The van der Waals surface area contributed by atoms with Crippen molar-refractivity contribution < 1.29 is 4.74 Å². The molecule has 0 spiro atoms. The van der Waals surface area contributed by atoms with E-state index in [0.717, 1.165) is 17.5 Å². The topological polar surface area (TPSA) is 90.9 Å². The molecule has 110 valence electrons. The zero-order valence-corrected chi connectivity index (χ0v) is 12.4. The number of hydrogen-bond donors (Lipinski definition) is 2. The zero-order valence-electron chi connectivity index (χ0n) is 12.4. The van der Waals surface area contributed by atoms with Crippen molar-refractivity contribution in [1.82, 2.24) is 19.7 Å². The van der Waals surface area contributed by atoms with E-state index in [9.17, 15) is 0 Å². The zero-order chi connectivity index (χ0) is 14.7. The smallest absolute Gasteiger partial charge is 0.163 e. The highest BCUT2D eigenvalue weighted by molar-refractivity contribution is 5.86. The Kier molecular flexibility index (Phi) is 4.51. The maximum Gasteiger partial charge on any atom is 0.163 e. The first-order valence-corrected chi connectivity index (χ1v) is 6.78. The summed E-state index contributed by atoms with van der Waals surface area (Å²) < 4.78 is 7.47. The fourth-order valence-corrected chi connectivity index (χ4v) is 2.19. The van der Waals surface area contributed by atoms with Crippen molar-refractivity contribution in [2.45, 2.75) is 39.9 Å². The summed E-state index contributed by atoms with van der Waals surface area (Å²) in [7, 11) is 1.83. The maximum atomic E-state index is 5.78. The van der Waals surface area contributed by atoms with Gasteiger partial charge in [-0.2, -0.15) is 5.10 Å². The van der Waals surface area contributed by atoms with Gasteiger partial charge in [0.05, 0.1) is 17.7 Å². The molecule has 1 atom stereocenters. The summed E-state index contributed by atoms with van der Waals surface area (Å²) in [5, 5.41) is 4.96. The number of ether oxygens (including phenoxy) is 1. The van der Waals surface area contributed by atoms with Crippen molar-refractivity contribution >= 4 is 16.9 Å². The number of hydrogen-bond acceptors (Lipinski definition) is 6. The van der Waals surface area contributed by atoms with Gasteiger partial charge >= 0.3 is 0 Å². The van der Waals surface area contributed by atoms with Gasteiger partial charge in [0, 0.05) is 7.05 Å². The fraction of sp³-hybridized carbons (Fsp3) is 0.615. The molecule has 0 amide bonds. The number of nitrogens with one attached hydrogen (secondary N) is 1. The Balaban J connectivity index is 2.16. The lowest BCUT2D eigenvalue weighted by Crippen LogP contribution is -2.15. The molecule has 3 N–H and O–H groups in total. The first-order chi connectivity index (χ1) is 9.51. The minimum absolute atomic E-state index is 0.176. The van der Waals surface area contributed by atoms with E-state index in [-0.39, 0.29) is 6.10 Å². The van der Waals surface area contributed by atoms with E-state index in [1.54, 1.807) is 10.9 Å². The van der Waals surface area contributed by atoms with E-state index >= 15 is 0 Å². The molecule has 0 saturated heterocycles. The predicted molar refractivity (Wildman–Crippen MR) is 77.8 cm³/mol. The third-order valence-corrected chi connectivity index (χ3v) is 3.08. The number of nitrogens with two attached hydrogens (primary N) is 1. The lowest BCUT2D eigenvalue weighted by molar-refractivity contribution is 0.0361. The molecule has 0 saturated carbocycles. The number of anilines is 1. The number of rotatable bonds is 6. The average molecular weight is 278 g/mol. The van der Waals surface area contributed by atoms with E-state index in [1.807, 2.05) is 7.05 Å². The van der Waals surface area contributed by atoms with Gasteiger partial charge in [-0.3, -0.25) is 4.68 Å². The third-order valence-electron chi connectivity index (χ3n) is 3.08. The van der Waals surface area contributed by atoms with Crippen LogP contribution >= 0.6 is 0 Å². The standard InChI is InChI=1S/C13H22N6O/c1-8(2)5-9(3)20-7-11-16-12(18-14)10-6-15-19(4)13(10)17-11/h6,8-9H,5,7,14H2,1-4H3,(H,16,17,18). The third kappa shape index (κ3) is 3.23. The minimum atomic E-state index is 0.176. The molecule has 1 unspecified atom stereocenters. The van der Waals surface area contributed by atoms with Crippen LogP contribution < -0.4 is 11.3 Å². The molecule has 0 aliphatic rings. The molecule has 2 aromatic heterocycles. The Hall–Kier alpha value is -1.73. The van der Waals surface area contributed by atoms with E-state index in [4.69, 9.17) is 10.6 Å². The van der Waals surface area contributed by atoms with Crippen LogP contribution in [0.5, 0.6) is 0 Å². The molecule has 0 aliphatic heterocycles. The van der Waals surface area contributed by atoms with E-state index in [0.29, 0.717) is 24.2 Å². The monoisotopic (exact) mass is 278 g/mol. The Bertz CT molecular complexity index is 579. The van der Waals surface area contributed by atoms with Crippen molar-refractivity contribution in [1.29, 1.82) is 0 Å². The fourth-order valence-electron chi connectivity index (χ4n) is 2.19. The van der Waals surface area contributed by atoms with Crippen LogP contribution in [0.2, 0.25) is 0 Å². The molecular formula is C13H22N6O. The van der Waals surface area contributed by atoms with Gasteiger partial charge in [-0.15, -0.1) is 0 Å². The second kappa shape index (κ2) is 6.15. The molecule has 0 radical (unpaired) electrons. The molecule has 0 aromatic carbocycles. The number of hydrazine groups is 1. The van der Waals surface area contributed by atoms with Gasteiger partial charge in [0.25, 0.3) is 0 Å². The Labute approximate surface area is 118 Å². The van der Waals surface area contributed by atoms with Crippen LogP contribution in [-0.2, 0) is 18.4 Å². The Morgan fingerprint density at radius 1 is 1.35 bits per heavy atom. The van der Waals surface area contributed by atoms with Crippen LogP contribution in [0.1, 0.15) is 33.0 Å². The van der Waals surface area contributed by atoms with Crippen molar-refractivity contribution in [3.63, 3.8) is 0 Å². The molecule has 2 aromatic rings. The van der Waals surface area contributed by atoms with Gasteiger partial charge in [-0.25, -0.2) is 15.8 Å². The van der Waals surface area contributed by atoms with Gasteiger partial charge in [0.15, 0.2) is 17.3 Å². The number of nitrogens with zero attached hydrogens (tertiary/aromatic N) is 4. The van der Waals surface area contributed by atoms with Gasteiger partial charge < -0.3 is 10.2 Å². The number of nitrogen functional groups attached to an aromatic ring is 1. The van der Waals surface area contributed by atoms with Crippen LogP contribution in [0, 0.1) is 5.92 Å². The molecule has 0 fully saturated rings. The molecule has 0 bridgehead atoms. The highest BCUT2D eigenvalue weighted by Gasteiger charge is 2.12. The van der Waals surface area contributed by atoms with Crippen LogP contribution in [0.4, 0.5) is 5.82 Å². The van der Waals surface area contributed by atoms with Gasteiger partial charge in [-0.1, -0.05) is 13.8 Å². The highest BCUT2D eigenvalue weighted by atomic mass is 16.5. The summed E-state index contributed by atoms with van der Waals surface area (Å²) in [6.45, 7) is 6.78. The highest BCUT2D eigenvalue weighted by Crippen LogP contribution is 2.19. The largest absolute Gasteiger partial charge is 0.371 e.